The number of hydrogen-bond donors (Lipinski definition) is 3. The molecule has 26 heavy (non-hydrogen) atoms. The van der Waals surface area contributed by atoms with Gasteiger partial charge in [0.2, 0.25) is 0 Å². The summed E-state index contributed by atoms with van der Waals surface area (Å²) in [6.45, 7) is 3.96. The average Bonchev–Trinajstić information content (AvgIpc) is 2.59. The number of phenolic OH excluding ortho intramolecular Hbond substituents is 1. The van der Waals surface area contributed by atoms with E-state index in [1.807, 2.05) is 26.0 Å². The maximum atomic E-state index is 12.3. The number of hydrogen-bond acceptors (Lipinski definition) is 5. The third kappa shape index (κ3) is 3.41. The molecule has 1 aromatic heterocycles. The zero-order valence-electron chi connectivity index (χ0n) is 14.7. The van der Waals surface area contributed by atoms with E-state index in [0.29, 0.717) is 22.8 Å². The second-order valence-corrected chi connectivity index (χ2v) is 6.78. The van der Waals surface area contributed by atoms with Crippen molar-refractivity contribution in [3.05, 3.63) is 52.4 Å². The lowest BCUT2D eigenvalue weighted by Gasteiger charge is -2.17. The Morgan fingerprint density at radius 1 is 1.12 bits per heavy atom. The SMILES string of the molecule is CC(C)C[C@H](NCc1c(O)ccc2c1oc(=O)c1ccccc12)C(=O)O. The van der Waals surface area contributed by atoms with Crippen molar-refractivity contribution in [2.24, 2.45) is 5.92 Å². The highest BCUT2D eigenvalue weighted by atomic mass is 16.4. The van der Waals surface area contributed by atoms with Crippen LogP contribution in [0.2, 0.25) is 0 Å². The highest BCUT2D eigenvalue weighted by Gasteiger charge is 2.20. The quantitative estimate of drug-likeness (QED) is 0.464. The van der Waals surface area contributed by atoms with E-state index in [1.165, 1.54) is 6.07 Å². The minimum atomic E-state index is -0.953. The highest BCUT2D eigenvalue weighted by molar-refractivity contribution is 6.05. The molecule has 0 aliphatic heterocycles. The summed E-state index contributed by atoms with van der Waals surface area (Å²) in [6.07, 6.45) is 0.452. The largest absolute Gasteiger partial charge is 0.507 e. The number of carboxylic acid groups (broad SMARTS) is 1. The topological polar surface area (TPSA) is 99.8 Å². The first kappa shape index (κ1) is 17.9. The molecule has 0 fully saturated rings. The van der Waals surface area contributed by atoms with Crippen LogP contribution in [0, 0.1) is 5.92 Å². The van der Waals surface area contributed by atoms with Crippen LogP contribution in [0.5, 0.6) is 5.75 Å². The van der Waals surface area contributed by atoms with Crippen molar-refractivity contribution in [3.63, 3.8) is 0 Å². The zero-order valence-corrected chi connectivity index (χ0v) is 14.7. The lowest BCUT2D eigenvalue weighted by Crippen LogP contribution is -2.37. The van der Waals surface area contributed by atoms with Crippen molar-refractivity contribution in [3.8, 4) is 5.75 Å². The van der Waals surface area contributed by atoms with Gasteiger partial charge in [0.05, 0.1) is 10.9 Å². The molecule has 136 valence electrons. The second-order valence-electron chi connectivity index (χ2n) is 6.78. The minimum absolute atomic E-state index is 0.0443. The Hall–Kier alpha value is -2.86. The van der Waals surface area contributed by atoms with Crippen LogP contribution in [0.3, 0.4) is 0 Å². The van der Waals surface area contributed by atoms with Gasteiger partial charge in [0, 0.05) is 11.9 Å². The Morgan fingerprint density at radius 3 is 2.46 bits per heavy atom. The predicted octanol–water partition coefficient (Wildman–Crippen LogP) is 3.24. The third-order valence-electron chi connectivity index (χ3n) is 4.40. The van der Waals surface area contributed by atoms with Gasteiger partial charge < -0.3 is 19.9 Å². The molecule has 0 bridgehead atoms. The third-order valence-corrected chi connectivity index (χ3v) is 4.40. The van der Waals surface area contributed by atoms with Crippen molar-refractivity contribution in [2.75, 3.05) is 0 Å². The predicted molar refractivity (Wildman–Crippen MR) is 99.4 cm³/mol. The summed E-state index contributed by atoms with van der Waals surface area (Å²) in [5, 5.41) is 24.5. The fourth-order valence-electron chi connectivity index (χ4n) is 3.13. The second kappa shape index (κ2) is 7.17. The summed E-state index contributed by atoms with van der Waals surface area (Å²) in [5.74, 6) is -0.797. The number of rotatable bonds is 6. The van der Waals surface area contributed by atoms with Crippen LogP contribution >= 0.6 is 0 Å². The Morgan fingerprint density at radius 2 is 1.81 bits per heavy atom. The normalized spacial score (nSPS) is 12.7. The van der Waals surface area contributed by atoms with Gasteiger partial charge in [-0.3, -0.25) is 4.79 Å². The number of phenols is 1. The van der Waals surface area contributed by atoms with Crippen LogP contribution in [0.25, 0.3) is 21.7 Å². The van der Waals surface area contributed by atoms with Crippen molar-refractivity contribution in [2.45, 2.75) is 32.9 Å². The first-order valence-corrected chi connectivity index (χ1v) is 8.51. The monoisotopic (exact) mass is 355 g/mol. The average molecular weight is 355 g/mol. The van der Waals surface area contributed by atoms with Gasteiger partial charge in [-0.25, -0.2) is 4.79 Å². The standard InChI is InChI=1S/C20H21NO5/c1-11(2)9-16(19(23)24)21-10-15-17(22)8-7-13-12-5-3-4-6-14(12)20(25)26-18(13)15/h3-8,11,16,21-22H,9-10H2,1-2H3,(H,23,24)/t16-/m0/s1. The van der Waals surface area contributed by atoms with Gasteiger partial charge in [-0.1, -0.05) is 32.0 Å². The van der Waals surface area contributed by atoms with Crippen molar-refractivity contribution >= 4 is 27.7 Å². The number of fused-ring (bicyclic) bond motifs is 3. The maximum Gasteiger partial charge on any atom is 0.344 e. The molecule has 2 aromatic carbocycles. The molecule has 0 saturated carbocycles. The van der Waals surface area contributed by atoms with Gasteiger partial charge in [-0.05, 0) is 35.9 Å². The summed E-state index contributed by atoms with van der Waals surface area (Å²) >= 11 is 0. The van der Waals surface area contributed by atoms with E-state index in [-0.39, 0.29) is 23.8 Å². The smallest absolute Gasteiger partial charge is 0.344 e. The summed E-state index contributed by atoms with van der Waals surface area (Å²) in [7, 11) is 0. The van der Waals surface area contributed by atoms with Crippen LogP contribution in [-0.2, 0) is 11.3 Å². The van der Waals surface area contributed by atoms with E-state index in [9.17, 15) is 19.8 Å². The molecule has 0 aliphatic carbocycles. The number of carboxylic acids is 1. The number of carbonyl (C=O) groups is 1. The number of aliphatic carboxylic acids is 1. The summed E-state index contributed by atoms with van der Waals surface area (Å²) in [5.41, 5.74) is 0.159. The molecule has 3 rings (SSSR count). The first-order chi connectivity index (χ1) is 12.4. The molecule has 1 heterocycles. The first-order valence-electron chi connectivity index (χ1n) is 8.51. The van der Waals surface area contributed by atoms with E-state index in [2.05, 4.69) is 5.32 Å². The van der Waals surface area contributed by atoms with Crippen LogP contribution < -0.4 is 10.9 Å². The molecule has 6 nitrogen and oxygen atoms in total. The van der Waals surface area contributed by atoms with Crippen LogP contribution in [0.4, 0.5) is 0 Å². The van der Waals surface area contributed by atoms with Gasteiger partial charge in [0.25, 0.3) is 0 Å². The molecule has 1 atom stereocenters. The molecule has 3 aromatic rings. The maximum absolute atomic E-state index is 12.3. The Bertz CT molecular complexity index is 1020. The summed E-state index contributed by atoms with van der Waals surface area (Å²) < 4.78 is 5.46. The van der Waals surface area contributed by atoms with Gasteiger partial charge in [-0.15, -0.1) is 0 Å². The lowest BCUT2D eigenvalue weighted by atomic mass is 10.0. The zero-order chi connectivity index (χ0) is 18.8. The van der Waals surface area contributed by atoms with Crippen LogP contribution in [0.15, 0.2) is 45.6 Å². The number of nitrogens with one attached hydrogen (secondary N) is 1. The molecule has 0 unspecified atom stereocenters. The van der Waals surface area contributed by atoms with E-state index in [0.717, 1.165) is 5.39 Å². The van der Waals surface area contributed by atoms with Crippen molar-refractivity contribution in [1.29, 1.82) is 0 Å². The van der Waals surface area contributed by atoms with E-state index in [1.54, 1.807) is 18.2 Å². The van der Waals surface area contributed by atoms with Gasteiger partial charge in [0.15, 0.2) is 0 Å². The molecule has 0 saturated heterocycles. The van der Waals surface area contributed by atoms with Crippen molar-refractivity contribution < 1.29 is 19.4 Å². The van der Waals surface area contributed by atoms with Crippen LogP contribution in [-0.4, -0.2) is 22.2 Å². The molecule has 3 N–H and O–H groups in total. The Balaban J connectivity index is 2.07. The highest BCUT2D eigenvalue weighted by Crippen LogP contribution is 2.30. The molecular weight excluding hydrogens is 334 g/mol. The molecule has 0 spiro atoms. The minimum Gasteiger partial charge on any atom is -0.507 e. The molecule has 0 radical (unpaired) electrons. The number of aromatic hydroxyl groups is 1. The number of benzene rings is 2. The molecule has 0 amide bonds. The van der Waals surface area contributed by atoms with Crippen molar-refractivity contribution in [1.82, 2.24) is 5.32 Å². The molecular formula is C20H21NO5. The van der Waals surface area contributed by atoms with E-state index < -0.39 is 17.6 Å². The fourth-order valence-corrected chi connectivity index (χ4v) is 3.13. The van der Waals surface area contributed by atoms with E-state index >= 15 is 0 Å². The Labute approximate surface area is 150 Å². The van der Waals surface area contributed by atoms with Gasteiger partial charge in [-0.2, -0.15) is 0 Å². The lowest BCUT2D eigenvalue weighted by molar-refractivity contribution is -0.140. The molecule has 6 heteroatoms. The van der Waals surface area contributed by atoms with Crippen LogP contribution in [0.1, 0.15) is 25.8 Å². The summed E-state index contributed by atoms with van der Waals surface area (Å²) in [4.78, 5) is 23.7. The summed E-state index contributed by atoms with van der Waals surface area (Å²) in [6, 6.07) is 9.58. The van der Waals surface area contributed by atoms with E-state index in [4.69, 9.17) is 4.42 Å². The Kier molecular flexibility index (Phi) is 4.95. The fraction of sp³-hybridized carbons (Fsp3) is 0.300. The molecule has 0 aliphatic rings. The van der Waals surface area contributed by atoms with Gasteiger partial charge in [0.1, 0.15) is 17.4 Å². The van der Waals surface area contributed by atoms with Gasteiger partial charge >= 0.3 is 11.6 Å².